The Morgan fingerprint density at radius 1 is 0.438 bits per heavy atom. The summed E-state index contributed by atoms with van der Waals surface area (Å²) in [6.45, 7) is 2.70. The van der Waals surface area contributed by atoms with Gasteiger partial charge in [0.15, 0.2) is 12.6 Å². The number of aliphatic hydroxyl groups is 8. The smallest absolute Gasteiger partial charge is 0.220 e. The predicted molar refractivity (Wildman–Crippen MR) is 323 cm³/mol. The normalized spacial score (nSPS) is 24.2. The quantitative estimate of drug-likeness (QED) is 0.0204. The predicted octanol–water partition coefficient (Wildman–Crippen LogP) is 13.0. The number of aliphatic hydroxyl groups excluding tert-OH is 8. The molecule has 0 spiro atoms. The van der Waals surface area contributed by atoms with E-state index in [-0.39, 0.29) is 18.9 Å². The maximum Gasteiger partial charge on any atom is 0.220 e. The molecule has 0 aromatic carbocycles. The van der Waals surface area contributed by atoms with E-state index in [9.17, 15) is 45.6 Å². The van der Waals surface area contributed by atoms with Gasteiger partial charge in [-0.3, -0.25) is 4.79 Å². The van der Waals surface area contributed by atoms with Crippen LogP contribution in [0.2, 0.25) is 0 Å². The van der Waals surface area contributed by atoms with E-state index in [2.05, 4.69) is 19.2 Å². The molecule has 9 N–H and O–H groups in total. The minimum absolute atomic E-state index is 0.241. The van der Waals surface area contributed by atoms with E-state index in [1.165, 1.54) is 238 Å². The lowest BCUT2D eigenvalue weighted by Gasteiger charge is -2.46. The first-order valence-corrected chi connectivity index (χ1v) is 33.9. The monoisotopic (exact) mass is 1140 g/mol. The number of rotatable bonds is 56. The van der Waals surface area contributed by atoms with Crippen molar-refractivity contribution in [3.63, 3.8) is 0 Å². The molecule has 14 nitrogen and oxygen atoms in total. The van der Waals surface area contributed by atoms with E-state index in [1.54, 1.807) is 6.08 Å². The van der Waals surface area contributed by atoms with E-state index < -0.39 is 86.8 Å². The van der Waals surface area contributed by atoms with Crippen LogP contribution in [0.1, 0.15) is 309 Å². The summed E-state index contributed by atoms with van der Waals surface area (Å²) in [4.78, 5) is 13.1. The second-order valence-corrected chi connectivity index (χ2v) is 24.3. The Kier molecular flexibility index (Phi) is 48.7. The van der Waals surface area contributed by atoms with Gasteiger partial charge in [-0.1, -0.05) is 296 Å². The summed E-state index contributed by atoms with van der Waals surface area (Å²) in [6.07, 6.45) is 46.9. The maximum absolute atomic E-state index is 13.1. The number of nitrogens with one attached hydrogen (secondary N) is 1. The molecule has 14 heteroatoms. The molecule has 0 radical (unpaired) electrons. The van der Waals surface area contributed by atoms with Crippen LogP contribution in [-0.4, -0.2) is 140 Å². The summed E-state index contributed by atoms with van der Waals surface area (Å²) in [5.41, 5.74) is 0. The van der Waals surface area contributed by atoms with Crippen molar-refractivity contribution in [3.8, 4) is 0 Å². The highest BCUT2D eigenvalue weighted by atomic mass is 16.7. The Labute approximate surface area is 488 Å². The van der Waals surface area contributed by atoms with Gasteiger partial charge in [-0.05, 0) is 19.3 Å². The van der Waals surface area contributed by atoms with Crippen molar-refractivity contribution in [2.45, 2.75) is 383 Å². The van der Waals surface area contributed by atoms with E-state index in [0.29, 0.717) is 6.42 Å². The van der Waals surface area contributed by atoms with E-state index in [0.717, 1.165) is 44.9 Å². The molecule has 474 valence electrons. The molecule has 2 aliphatic heterocycles. The molecule has 2 aliphatic rings. The lowest BCUT2D eigenvalue weighted by Crippen LogP contribution is -2.65. The molecule has 0 aromatic rings. The topological polar surface area (TPSA) is 228 Å². The van der Waals surface area contributed by atoms with Crippen molar-refractivity contribution in [2.24, 2.45) is 0 Å². The minimum atomic E-state index is -1.78. The summed E-state index contributed by atoms with van der Waals surface area (Å²) >= 11 is 0. The van der Waals surface area contributed by atoms with Crippen LogP contribution in [0.15, 0.2) is 12.2 Å². The number of carbonyl (C=O) groups excluding carboxylic acids is 1. The van der Waals surface area contributed by atoms with Gasteiger partial charge in [0.05, 0.1) is 32.0 Å². The largest absolute Gasteiger partial charge is 0.394 e. The van der Waals surface area contributed by atoms with Gasteiger partial charge in [-0.15, -0.1) is 0 Å². The van der Waals surface area contributed by atoms with Crippen LogP contribution in [0.25, 0.3) is 0 Å². The fraction of sp³-hybridized carbons (Fsp3) is 0.955. The average Bonchev–Trinajstić information content (AvgIpc) is 3.49. The van der Waals surface area contributed by atoms with E-state index >= 15 is 0 Å². The molecule has 0 aromatic heterocycles. The van der Waals surface area contributed by atoms with Crippen LogP contribution in [0.3, 0.4) is 0 Å². The summed E-state index contributed by atoms with van der Waals surface area (Å²) in [5.74, 6) is -0.241. The van der Waals surface area contributed by atoms with Gasteiger partial charge in [-0.25, -0.2) is 0 Å². The SMILES string of the molecule is CCCCC/C=C/C(O)C(COC1OC(CO)C(OC2OC(CO)C(O)C(O)C2O)C(O)C1O)NC(=O)CCCCCCCCCCCCCCCCCCCCCCCCCCCCCCCCCCCCCCCCCCC. The second kappa shape index (κ2) is 52.1. The standard InChI is InChI=1S/C66H127NO13/c1-3-5-7-9-10-11-12-13-14-15-16-17-18-19-20-21-22-23-24-25-26-27-28-29-30-31-32-33-34-35-36-37-38-39-40-41-42-43-44-46-48-50-58(71)67-54(55(70)49-47-45-8-6-4-2)53-77-65-63(76)61(74)64(57(52-69)79-65)80-66-62(75)60(73)59(72)56(51-68)78-66/h47,49,54-57,59-66,68-70,72-76H,3-46,48,50-53H2,1-2H3,(H,67,71)/b49-47+. The Bertz CT molecular complexity index is 1390. The highest BCUT2D eigenvalue weighted by molar-refractivity contribution is 5.76. The molecule has 1 amide bonds. The first-order valence-electron chi connectivity index (χ1n) is 33.9. The zero-order chi connectivity index (χ0) is 58.1. The van der Waals surface area contributed by atoms with Crippen LogP contribution < -0.4 is 5.32 Å². The van der Waals surface area contributed by atoms with Crippen LogP contribution in [-0.2, 0) is 23.7 Å². The first kappa shape index (κ1) is 74.8. The Morgan fingerprint density at radius 2 is 0.775 bits per heavy atom. The molecule has 12 atom stereocenters. The molecular weight excluding hydrogens is 1010 g/mol. The molecule has 0 aliphatic carbocycles. The third-order valence-corrected chi connectivity index (χ3v) is 17.0. The number of amides is 1. The van der Waals surface area contributed by atoms with Gasteiger partial charge in [0.25, 0.3) is 0 Å². The summed E-state index contributed by atoms with van der Waals surface area (Å²) in [5, 5.41) is 86.4. The molecule has 0 bridgehead atoms. The second-order valence-electron chi connectivity index (χ2n) is 24.3. The van der Waals surface area contributed by atoms with Gasteiger partial charge >= 0.3 is 0 Å². The van der Waals surface area contributed by atoms with Crippen LogP contribution in [0.5, 0.6) is 0 Å². The number of ether oxygens (including phenoxy) is 4. The average molecular weight is 1140 g/mol. The summed E-state index contributed by atoms with van der Waals surface area (Å²) in [7, 11) is 0. The highest BCUT2D eigenvalue weighted by Crippen LogP contribution is 2.30. The number of hydrogen-bond donors (Lipinski definition) is 9. The van der Waals surface area contributed by atoms with Gasteiger partial charge < -0.3 is 65.1 Å². The van der Waals surface area contributed by atoms with Crippen LogP contribution >= 0.6 is 0 Å². The fourth-order valence-corrected chi connectivity index (χ4v) is 11.5. The molecular formula is C66H127NO13. The Morgan fingerprint density at radius 3 is 1.15 bits per heavy atom. The summed E-state index contributed by atoms with van der Waals surface area (Å²) < 4.78 is 22.6. The van der Waals surface area contributed by atoms with Crippen molar-refractivity contribution < 1.29 is 64.6 Å². The maximum atomic E-state index is 13.1. The number of unbranched alkanes of at least 4 members (excludes halogenated alkanes) is 43. The number of hydrogen-bond acceptors (Lipinski definition) is 13. The van der Waals surface area contributed by atoms with Crippen LogP contribution in [0.4, 0.5) is 0 Å². The van der Waals surface area contributed by atoms with Gasteiger partial charge in [0.1, 0.15) is 48.8 Å². The number of allylic oxidation sites excluding steroid dienone is 1. The summed E-state index contributed by atoms with van der Waals surface area (Å²) in [6, 6.07) is -0.906. The van der Waals surface area contributed by atoms with Gasteiger partial charge in [0.2, 0.25) is 5.91 Å². The molecule has 2 heterocycles. The van der Waals surface area contributed by atoms with E-state index in [1.807, 2.05) is 6.08 Å². The third kappa shape index (κ3) is 36.5. The van der Waals surface area contributed by atoms with Crippen molar-refractivity contribution >= 4 is 5.91 Å². The zero-order valence-corrected chi connectivity index (χ0v) is 51.4. The van der Waals surface area contributed by atoms with Crippen molar-refractivity contribution in [2.75, 3.05) is 19.8 Å². The highest BCUT2D eigenvalue weighted by Gasteiger charge is 2.51. The molecule has 12 unspecified atom stereocenters. The minimum Gasteiger partial charge on any atom is -0.394 e. The molecule has 80 heavy (non-hydrogen) atoms. The third-order valence-electron chi connectivity index (χ3n) is 17.0. The van der Waals surface area contributed by atoms with Crippen LogP contribution in [0, 0.1) is 0 Å². The fourth-order valence-electron chi connectivity index (χ4n) is 11.5. The number of carbonyl (C=O) groups is 1. The van der Waals surface area contributed by atoms with Crippen molar-refractivity contribution in [3.05, 3.63) is 12.2 Å². The lowest BCUT2D eigenvalue weighted by atomic mass is 9.97. The van der Waals surface area contributed by atoms with Crippen molar-refractivity contribution in [1.29, 1.82) is 0 Å². The molecule has 2 rings (SSSR count). The lowest BCUT2D eigenvalue weighted by molar-refractivity contribution is -0.359. The molecule has 2 saturated heterocycles. The molecule has 0 saturated carbocycles. The van der Waals surface area contributed by atoms with Gasteiger partial charge in [-0.2, -0.15) is 0 Å². The zero-order valence-electron chi connectivity index (χ0n) is 51.4. The Balaban J connectivity index is 1.42. The van der Waals surface area contributed by atoms with Gasteiger partial charge in [0, 0.05) is 6.42 Å². The van der Waals surface area contributed by atoms with E-state index in [4.69, 9.17) is 18.9 Å². The Hall–Kier alpha value is -1.27. The van der Waals surface area contributed by atoms with Crippen molar-refractivity contribution in [1.82, 2.24) is 5.32 Å². The molecule has 2 fully saturated rings. The first-order chi connectivity index (χ1) is 39.1.